The van der Waals surface area contributed by atoms with Crippen molar-refractivity contribution in [2.45, 2.75) is 19.9 Å². The van der Waals surface area contributed by atoms with E-state index in [-0.39, 0.29) is 6.04 Å². The Bertz CT molecular complexity index is 690. The smallest absolute Gasteiger partial charge is 0.248 e. The molecule has 102 valence electrons. The standard InChI is InChI=1S/C13H14N6O/c1-9-8-14-12(20-9)10(2)15-13-16-17-18-19(13)11-6-4-3-5-7-11/h3-8,10H,1-2H3,(H,15,16,18). The predicted molar refractivity (Wildman–Crippen MR) is 72.4 cm³/mol. The average molecular weight is 270 g/mol. The van der Waals surface area contributed by atoms with Gasteiger partial charge in [-0.2, -0.15) is 4.68 Å². The fourth-order valence-electron chi connectivity index (χ4n) is 1.85. The third kappa shape index (κ3) is 2.37. The van der Waals surface area contributed by atoms with E-state index >= 15 is 0 Å². The molecule has 2 heterocycles. The highest BCUT2D eigenvalue weighted by Gasteiger charge is 2.15. The van der Waals surface area contributed by atoms with Crippen LogP contribution < -0.4 is 5.32 Å². The van der Waals surface area contributed by atoms with Gasteiger partial charge in [-0.25, -0.2) is 4.98 Å². The van der Waals surface area contributed by atoms with E-state index in [1.54, 1.807) is 10.9 Å². The maximum Gasteiger partial charge on any atom is 0.248 e. The Morgan fingerprint density at radius 2 is 2.05 bits per heavy atom. The van der Waals surface area contributed by atoms with E-state index in [1.807, 2.05) is 44.2 Å². The van der Waals surface area contributed by atoms with Gasteiger partial charge in [0.25, 0.3) is 0 Å². The Morgan fingerprint density at radius 3 is 2.75 bits per heavy atom. The largest absolute Gasteiger partial charge is 0.444 e. The van der Waals surface area contributed by atoms with Crippen LogP contribution in [0.3, 0.4) is 0 Å². The van der Waals surface area contributed by atoms with Gasteiger partial charge in [0.05, 0.1) is 11.9 Å². The first-order valence-electron chi connectivity index (χ1n) is 6.26. The number of hydrogen-bond donors (Lipinski definition) is 1. The van der Waals surface area contributed by atoms with Crippen LogP contribution in [-0.2, 0) is 0 Å². The van der Waals surface area contributed by atoms with E-state index in [0.717, 1.165) is 11.4 Å². The molecule has 1 N–H and O–H groups in total. The van der Waals surface area contributed by atoms with E-state index in [4.69, 9.17) is 4.42 Å². The summed E-state index contributed by atoms with van der Waals surface area (Å²) in [6.45, 7) is 3.80. The molecule has 7 nitrogen and oxygen atoms in total. The van der Waals surface area contributed by atoms with Crippen LogP contribution in [0.2, 0.25) is 0 Å². The lowest BCUT2D eigenvalue weighted by molar-refractivity contribution is 0.452. The maximum absolute atomic E-state index is 5.49. The number of aromatic nitrogens is 5. The maximum atomic E-state index is 5.49. The summed E-state index contributed by atoms with van der Waals surface area (Å²) in [7, 11) is 0. The minimum absolute atomic E-state index is 0.128. The van der Waals surface area contributed by atoms with Crippen molar-refractivity contribution in [1.29, 1.82) is 0 Å². The molecule has 0 fully saturated rings. The molecule has 3 aromatic rings. The lowest BCUT2D eigenvalue weighted by Crippen LogP contribution is -2.12. The molecule has 3 rings (SSSR count). The number of benzene rings is 1. The highest BCUT2D eigenvalue weighted by atomic mass is 16.4. The SMILES string of the molecule is Cc1cnc(C(C)Nc2nnnn2-c2ccccc2)o1. The second kappa shape index (κ2) is 5.12. The number of nitrogens with zero attached hydrogens (tertiary/aromatic N) is 5. The molecule has 0 amide bonds. The van der Waals surface area contributed by atoms with Crippen molar-refractivity contribution in [1.82, 2.24) is 25.2 Å². The van der Waals surface area contributed by atoms with Crippen LogP contribution in [0.15, 0.2) is 40.9 Å². The molecule has 2 aromatic heterocycles. The van der Waals surface area contributed by atoms with Crippen LogP contribution in [-0.4, -0.2) is 25.2 Å². The summed E-state index contributed by atoms with van der Waals surface area (Å²) >= 11 is 0. The summed E-state index contributed by atoms with van der Waals surface area (Å²) in [6, 6.07) is 9.54. The van der Waals surface area contributed by atoms with Crippen LogP contribution in [0.25, 0.3) is 5.69 Å². The molecule has 0 radical (unpaired) electrons. The fourth-order valence-corrected chi connectivity index (χ4v) is 1.85. The van der Waals surface area contributed by atoms with Crippen molar-refractivity contribution in [3.63, 3.8) is 0 Å². The number of rotatable bonds is 4. The quantitative estimate of drug-likeness (QED) is 0.782. The molecular weight excluding hydrogens is 256 g/mol. The molecule has 20 heavy (non-hydrogen) atoms. The molecule has 0 saturated heterocycles. The van der Waals surface area contributed by atoms with Gasteiger partial charge in [0.2, 0.25) is 11.8 Å². The Labute approximate surface area is 115 Å². The number of para-hydroxylation sites is 1. The van der Waals surface area contributed by atoms with Gasteiger partial charge in [-0.3, -0.25) is 0 Å². The zero-order valence-corrected chi connectivity index (χ0v) is 11.2. The Morgan fingerprint density at radius 1 is 1.25 bits per heavy atom. The Hall–Kier alpha value is -2.70. The summed E-state index contributed by atoms with van der Waals surface area (Å²) < 4.78 is 7.12. The molecule has 0 aliphatic carbocycles. The lowest BCUT2D eigenvalue weighted by Gasteiger charge is -2.11. The summed E-state index contributed by atoms with van der Waals surface area (Å²) in [5, 5.41) is 14.9. The molecule has 1 atom stereocenters. The number of tetrazole rings is 1. The van der Waals surface area contributed by atoms with E-state index < -0.39 is 0 Å². The zero-order valence-electron chi connectivity index (χ0n) is 11.2. The Kier molecular flexibility index (Phi) is 3.16. The first-order chi connectivity index (χ1) is 9.74. The topological polar surface area (TPSA) is 81.7 Å². The minimum Gasteiger partial charge on any atom is -0.444 e. The molecule has 1 unspecified atom stereocenters. The number of nitrogens with one attached hydrogen (secondary N) is 1. The molecule has 0 bridgehead atoms. The normalized spacial score (nSPS) is 12.3. The molecule has 0 aliphatic heterocycles. The second-order valence-electron chi connectivity index (χ2n) is 4.43. The monoisotopic (exact) mass is 270 g/mol. The fraction of sp³-hybridized carbons (Fsp3) is 0.231. The summed E-state index contributed by atoms with van der Waals surface area (Å²) in [4.78, 5) is 4.19. The second-order valence-corrected chi connectivity index (χ2v) is 4.43. The Balaban J connectivity index is 1.84. The number of anilines is 1. The third-order valence-electron chi connectivity index (χ3n) is 2.83. The molecular formula is C13H14N6O. The highest BCUT2D eigenvalue weighted by Crippen LogP contribution is 2.18. The zero-order chi connectivity index (χ0) is 13.9. The van der Waals surface area contributed by atoms with Crippen molar-refractivity contribution in [2.24, 2.45) is 0 Å². The van der Waals surface area contributed by atoms with Gasteiger partial charge < -0.3 is 9.73 Å². The lowest BCUT2D eigenvalue weighted by atomic mass is 10.3. The molecule has 0 aliphatic rings. The van der Waals surface area contributed by atoms with Crippen molar-refractivity contribution < 1.29 is 4.42 Å². The van der Waals surface area contributed by atoms with Crippen molar-refractivity contribution in [3.05, 3.63) is 48.2 Å². The van der Waals surface area contributed by atoms with Gasteiger partial charge in [-0.1, -0.05) is 23.3 Å². The van der Waals surface area contributed by atoms with Crippen LogP contribution in [0.4, 0.5) is 5.95 Å². The van der Waals surface area contributed by atoms with Crippen molar-refractivity contribution >= 4 is 5.95 Å². The summed E-state index contributed by atoms with van der Waals surface area (Å²) in [5.41, 5.74) is 0.885. The van der Waals surface area contributed by atoms with Gasteiger partial charge in [0.15, 0.2) is 0 Å². The van der Waals surface area contributed by atoms with Gasteiger partial charge in [-0.15, -0.1) is 0 Å². The van der Waals surface area contributed by atoms with Gasteiger partial charge in [0.1, 0.15) is 11.8 Å². The molecule has 0 spiro atoms. The first kappa shape index (κ1) is 12.3. The molecule has 1 aromatic carbocycles. The minimum atomic E-state index is -0.128. The van der Waals surface area contributed by atoms with Crippen LogP contribution in [0.1, 0.15) is 24.6 Å². The van der Waals surface area contributed by atoms with Crippen LogP contribution in [0.5, 0.6) is 0 Å². The van der Waals surface area contributed by atoms with E-state index in [9.17, 15) is 0 Å². The van der Waals surface area contributed by atoms with Gasteiger partial charge >= 0.3 is 0 Å². The van der Waals surface area contributed by atoms with E-state index in [0.29, 0.717) is 11.8 Å². The van der Waals surface area contributed by atoms with E-state index in [1.165, 1.54) is 0 Å². The van der Waals surface area contributed by atoms with Gasteiger partial charge in [-0.05, 0) is 36.4 Å². The van der Waals surface area contributed by atoms with E-state index in [2.05, 4.69) is 25.8 Å². The average Bonchev–Trinajstić information content (AvgIpc) is 3.09. The van der Waals surface area contributed by atoms with Crippen LogP contribution >= 0.6 is 0 Å². The molecule has 0 saturated carbocycles. The van der Waals surface area contributed by atoms with Crippen molar-refractivity contribution in [3.8, 4) is 5.69 Å². The van der Waals surface area contributed by atoms with Crippen molar-refractivity contribution in [2.75, 3.05) is 5.32 Å². The predicted octanol–water partition coefficient (Wildman–Crippen LogP) is 2.13. The van der Waals surface area contributed by atoms with Gasteiger partial charge in [0, 0.05) is 0 Å². The number of oxazole rings is 1. The highest BCUT2D eigenvalue weighted by molar-refractivity contribution is 5.39. The van der Waals surface area contributed by atoms with Crippen LogP contribution in [0, 0.1) is 6.92 Å². The molecule has 7 heteroatoms. The summed E-state index contributed by atoms with van der Waals surface area (Å²) in [6.07, 6.45) is 1.69. The number of hydrogen-bond acceptors (Lipinski definition) is 6. The summed E-state index contributed by atoms with van der Waals surface area (Å²) in [5.74, 6) is 1.92. The first-order valence-corrected chi connectivity index (χ1v) is 6.26. The third-order valence-corrected chi connectivity index (χ3v) is 2.83. The number of aryl methyl sites for hydroxylation is 1.